The number of benzene rings is 2. The summed E-state index contributed by atoms with van der Waals surface area (Å²) in [6, 6.07) is 9.12. The van der Waals surface area contributed by atoms with Crippen LogP contribution >= 0.6 is 0 Å². The van der Waals surface area contributed by atoms with Crippen LogP contribution in [0.4, 0.5) is 14.5 Å². The van der Waals surface area contributed by atoms with Gasteiger partial charge in [-0.15, -0.1) is 0 Å². The standard InChI is InChI=1S/C21H26F2N4O4S/c1-15(21(29)24-2)26(13-16-5-7-17(22)8-6-16)20(28)14-27(32(30,31)25(3)4)19-11-9-18(23)10-12-19/h5-12,15H,13-14H2,1-4H3,(H,24,29)/t15-/m1/s1. The van der Waals surface area contributed by atoms with Gasteiger partial charge in [0.15, 0.2) is 0 Å². The maximum Gasteiger partial charge on any atom is 0.304 e. The summed E-state index contributed by atoms with van der Waals surface area (Å²) < 4.78 is 54.2. The molecule has 0 aliphatic rings. The second-order valence-corrected chi connectivity index (χ2v) is 9.28. The summed E-state index contributed by atoms with van der Waals surface area (Å²) in [6.45, 7) is 0.824. The molecule has 2 amide bonds. The summed E-state index contributed by atoms with van der Waals surface area (Å²) in [5, 5.41) is 2.46. The van der Waals surface area contributed by atoms with Crippen molar-refractivity contribution in [2.24, 2.45) is 0 Å². The molecular formula is C21H26F2N4O4S. The first-order chi connectivity index (χ1) is 15.0. The maximum atomic E-state index is 13.4. The van der Waals surface area contributed by atoms with E-state index in [0.717, 1.165) is 20.7 Å². The number of nitrogens with one attached hydrogen (secondary N) is 1. The molecule has 2 aromatic carbocycles. The number of nitrogens with zero attached hydrogens (tertiary/aromatic N) is 3. The molecular weight excluding hydrogens is 442 g/mol. The van der Waals surface area contributed by atoms with E-state index in [2.05, 4.69) is 5.32 Å². The van der Waals surface area contributed by atoms with Crippen molar-refractivity contribution in [1.29, 1.82) is 0 Å². The molecule has 0 saturated carbocycles. The van der Waals surface area contributed by atoms with Crippen molar-refractivity contribution in [3.05, 3.63) is 65.7 Å². The zero-order valence-electron chi connectivity index (χ0n) is 18.2. The van der Waals surface area contributed by atoms with Crippen molar-refractivity contribution in [2.45, 2.75) is 19.5 Å². The van der Waals surface area contributed by atoms with Crippen molar-refractivity contribution in [3.63, 3.8) is 0 Å². The fourth-order valence-electron chi connectivity index (χ4n) is 2.90. The van der Waals surface area contributed by atoms with Crippen LogP contribution in [-0.2, 0) is 26.3 Å². The van der Waals surface area contributed by atoms with Crippen LogP contribution in [0, 0.1) is 11.6 Å². The Morgan fingerprint density at radius 3 is 1.94 bits per heavy atom. The van der Waals surface area contributed by atoms with Crippen LogP contribution in [-0.4, -0.2) is 63.2 Å². The van der Waals surface area contributed by atoms with Crippen molar-refractivity contribution in [1.82, 2.24) is 14.5 Å². The fourth-order valence-corrected chi connectivity index (χ4v) is 3.96. The first-order valence-corrected chi connectivity index (χ1v) is 11.1. The predicted molar refractivity (Wildman–Crippen MR) is 117 cm³/mol. The summed E-state index contributed by atoms with van der Waals surface area (Å²) in [5.74, 6) is -2.14. The number of likely N-dealkylation sites (N-methyl/N-ethyl adjacent to an activating group) is 1. The second-order valence-electron chi connectivity index (χ2n) is 7.21. The smallest absolute Gasteiger partial charge is 0.304 e. The molecule has 1 N–H and O–H groups in total. The normalized spacial score (nSPS) is 12.3. The number of carbonyl (C=O) groups excluding carboxylic acids is 2. The largest absolute Gasteiger partial charge is 0.357 e. The van der Waals surface area contributed by atoms with Crippen molar-refractivity contribution < 1.29 is 26.8 Å². The molecule has 0 aliphatic carbocycles. The van der Waals surface area contributed by atoms with Gasteiger partial charge in [-0.3, -0.25) is 9.59 Å². The van der Waals surface area contributed by atoms with Crippen LogP contribution in [0.25, 0.3) is 0 Å². The van der Waals surface area contributed by atoms with E-state index in [1.54, 1.807) is 0 Å². The van der Waals surface area contributed by atoms with E-state index in [1.165, 1.54) is 69.4 Å². The lowest BCUT2D eigenvalue weighted by molar-refractivity contribution is -0.139. The number of amides is 2. The average molecular weight is 469 g/mol. The van der Waals surface area contributed by atoms with Crippen LogP contribution in [0.5, 0.6) is 0 Å². The van der Waals surface area contributed by atoms with E-state index in [9.17, 15) is 26.8 Å². The first-order valence-electron chi connectivity index (χ1n) is 9.68. The third-order valence-corrected chi connectivity index (χ3v) is 6.63. The van der Waals surface area contributed by atoms with E-state index in [0.29, 0.717) is 5.56 Å². The Balaban J connectivity index is 2.42. The van der Waals surface area contributed by atoms with E-state index in [-0.39, 0.29) is 12.2 Å². The minimum atomic E-state index is -4.12. The zero-order valence-corrected chi connectivity index (χ0v) is 19.1. The number of carbonyl (C=O) groups is 2. The van der Waals surface area contributed by atoms with Crippen molar-refractivity contribution in [2.75, 3.05) is 32.0 Å². The molecule has 0 unspecified atom stereocenters. The predicted octanol–water partition coefficient (Wildman–Crippen LogP) is 1.74. The summed E-state index contributed by atoms with van der Waals surface area (Å²) in [7, 11) is -0.0889. The molecule has 0 heterocycles. The van der Waals surface area contributed by atoms with Gasteiger partial charge in [-0.2, -0.15) is 12.7 Å². The molecule has 0 aromatic heterocycles. The van der Waals surface area contributed by atoms with Crippen LogP contribution in [0.2, 0.25) is 0 Å². The Bertz CT molecular complexity index is 1040. The molecule has 1 atom stereocenters. The molecule has 0 spiro atoms. The lowest BCUT2D eigenvalue weighted by Gasteiger charge is -2.32. The van der Waals surface area contributed by atoms with Crippen LogP contribution in [0.1, 0.15) is 12.5 Å². The highest BCUT2D eigenvalue weighted by atomic mass is 32.2. The topological polar surface area (TPSA) is 90.0 Å². The van der Waals surface area contributed by atoms with Gasteiger partial charge < -0.3 is 10.2 Å². The van der Waals surface area contributed by atoms with Gasteiger partial charge in [0, 0.05) is 27.7 Å². The molecule has 2 aromatic rings. The lowest BCUT2D eigenvalue weighted by atomic mass is 10.1. The SMILES string of the molecule is CNC(=O)[C@@H](C)N(Cc1ccc(F)cc1)C(=O)CN(c1ccc(F)cc1)S(=O)(=O)N(C)C. The summed E-state index contributed by atoms with van der Waals surface area (Å²) in [4.78, 5) is 26.7. The molecule has 32 heavy (non-hydrogen) atoms. The highest BCUT2D eigenvalue weighted by Gasteiger charge is 2.32. The van der Waals surface area contributed by atoms with Gasteiger partial charge in [0.2, 0.25) is 11.8 Å². The second kappa shape index (κ2) is 10.5. The minimum Gasteiger partial charge on any atom is -0.357 e. The van der Waals surface area contributed by atoms with Crippen molar-refractivity contribution in [3.8, 4) is 0 Å². The molecule has 0 radical (unpaired) electrons. The number of hydrogen-bond donors (Lipinski definition) is 1. The third kappa shape index (κ3) is 6.01. The van der Waals surface area contributed by atoms with Gasteiger partial charge in [0.1, 0.15) is 24.2 Å². The van der Waals surface area contributed by atoms with Gasteiger partial charge in [-0.1, -0.05) is 12.1 Å². The Morgan fingerprint density at radius 2 is 1.47 bits per heavy atom. The van der Waals surface area contributed by atoms with Crippen molar-refractivity contribution >= 4 is 27.7 Å². The number of anilines is 1. The number of hydrogen-bond acceptors (Lipinski definition) is 4. The lowest BCUT2D eigenvalue weighted by Crippen LogP contribution is -2.52. The van der Waals surface area contributed by atoms with E-state index in [1.807, 2.05) is 0 Å². The van der Waals surface area contributed by atoms with Gasteiger partial charge in [-0.05, 0) is 48.9 Å². The molecule has 11 heteroatoms. The monoisotopic (exact) mass is 468 g/mol. The van der Waals surface area contributed by atoms with E-state index in [4.69, 9.17) is 0 Å². The molecule has 0 fully saturated rings. The first kappa shape index (κ1) is 25.2. The van der Waals surface area contributed by atoms with E-state index >= 15 is 0 Å². The Hall–Kier alpha value is -3.05. The molecule has 0 bridgehead atoms. The summed E-state index contributed by atoms with van der Waals surface area (Å²) >= 11 is 0. The quantitative estimate of drug-likeness (QED) is 0.607. The third-order valence-electron chi connectivity index (χ3n) is 4.81. The molecule has 0 saturated heterocycles. The summed E-state index contributed by atoms with van der Waals surface area (Å²) in [5.41, 5.74) is 0.641. The molecule has 8 nitrogen and oxygen atoms in total. The highest BCUT2D eigenvalue weighted by Crippen LogP contribution is 2.21. The minimum absolute atomic E-state index is 0.0486. The van der Waals surface area contributed by atoms with Gasteiger partial charge in [0.05, 0.1) is 5.69 Å². The molecule has 0 aliphatic heterocycles. The Labute approximate surface area is 186 Å². The maximum absolute atomic E-state index is 13.4. The van der Waals surface area contributed by atoms with Crippen LogP contribution in [0.3, 0.4) is 0 Å². The fraction of sp³-hybridized carbons (Fsp3) is 0.333. The van der Waals surface area contributed by atoms with Gasteiger partial charge in [-0.25, -0.2) is 13.1 Å². The number of halogens is 2. The van der Waals surface area contributed by atoms with Gasteiger partial charge >= 0.3 is 10.2 Å². The number of rotatable bonds is 9. The Kier molecular flexibility index (Phi) is 8.28. The summed E-state index contributed by atoms with van der Waals surface area (Å²) in [6.07, 6.45) is 0. The molecule has 174 valence electrons. The highest BCUT2D eigenvalue weighted by molar-refractivity contribution is 7.90. The average Bonchev–Trinajstić information content (AvgIpc) is 2.76. The van der Waals surface area contributed by atoms with Crippen LogP contribution in [0.15, 0.2) is 48.5 Å². The molecule has 2 rings (SSSR count). The van der Waals surface area contributed by atoms with E-state index < -0.39 is 46.2 Å². The van der Waals surface area contributed by atoms with Crippen LogP contribution < -0.4 is 9.62 Å². The Morgan fingerprint density at radius 1 is 0.969 bits per heavy atom. The van der Waals surface area contributed by atoms with Gasteiger partial charge in [0.25, 0.3) is 0 Å². The zero-order chi connectivity index (χ0) is 24.1.